The number of aromatic carboxylic acids is 1. The Labute approximate surface area is 122 Å². The third-order valence-corrected chi connectivity index (χ3v) is 4.95. The lowest BCUT2D eigenvalue weighted by atomic mass is 10.1. The smallest absolute Gasteiger partial charge is 0.335 e. The van der Waals surface area contributed by atoms with Crippen molar-refractivity contribution in [3.05, 3.63) is 29.3 Å². The van der Waals surface area contributed by atoms with Crippen LogP contribution in [0.4, 0.5) is 10.5 Å². The molecule has 2 amide bonds. The van der Waals surface area contributed by atoms with Gasteiger partial charge in [-0.15, -0.1) is 0 Å². The van der Waals surface area contributed by atoms with E-state index in [1.165, 1.54) is 17.0 Å². The van der Waals surface area contributed by atoms with Gasteiger partial charge in [0.05, 0.1) is 17.1 Å². The van der Waals surface area contributed by atoms with E-state index < -0.39 is 15.8 Å². The van der Waals surface area contributed by atoms with Gasteiger partial charge < -0.3 is 15.3 Å². The van der Waals surface area contributed by atoms with Crippen LogP contribution in [0, 0.1) is 6.92 Å². The number of anilines is 1. The number of carbonyl (C=O) groups is 2. The number of hydrogen-bond acceptors (Lipinski definition) is 4. The highest BCUT2D eigenvalue weighted by atomic mass is 32.2. The number of amides is 2. The second kappa shape index (κ2) is 5.72. The van der Waals surface area contributed by atoms with Crippen molar-refractivity contribution in [2.45, 2.75) is 6.92 Å². The predicted octanol–water partition coefficient (Wildman–Crippen LogP) is 0.956. The summed E-state index contributed by atoms with van der Waals surface area (Å²) in [5.74, 6) is -1.08. The molecule has 0 atom stereocenters. The van der Waals surface area contributed by atoms with E-state index in [9.17, 15) is 18.0 Å². The van der Waals surface area contributed by atoms with Crippen molar-refractivity contribution in [3.8, 4) is 0 Å². The summed E-state index contributed by atoms with van der Waals surface area (Å²) in [6.45, 7) is 1.98. The van der Waals surface area contributed by atoms with Crippen molar-refractivity contribution in [2.24, 2.45) is 0 Å². The van der Waals surface area contributed by atoms with Crippen LogP contribution in [0.2, 0.25) is 0 Å². The topological polar surface area (TPSA) is 104 Å². The van der Waals surface area contributed by atoms with Crippen molar-refractivity contribution in [2.75, 3.05) is 29.9 Å². The van der Waals surface area contributed by atoms with E-state index in [1.54, 1.807) is 13.0 Å². The molecule has 0 aromatic heterocycles. The van der Waals surface area contributed by atoms with Crippen LogP contribution >= 0.6 is 0 Å². The standard InChI is InChI=1S/C13H16N2O5S/c1-9-8-10(2-3-11(9)12(16)17)14-13(18)15-4-6-21(19,20)7-5-15/h2-3,8H,4-7H2,1H3,(H,14,18)(H,16,17). The first-order chi connectivity index (χ1) is 9.78. The molecule has 1 saturated heterocycles. The Hall–Kier alpha value is -2.09. The van der Waals surface area contributed by atoms with E-state index in [1.807, 2.05) is 0 Å². The number of nitrogens with zero attached hydrogens (tertiary/aromatic N) is 1. The van der Waals surface area contributed by atoms with Gasteiger partial charge >= 0.3 is 12.0 Å². The lowest BCUT2D eigenvalue weighted by molar-refractivity contribution is 0.0696. The Morgan fingerprint density at radius 1 is 1.24 bits per heavy atom. The third-order valence-electron chi connectivity index (χ3n) is 3.34. The average Bonchev–Trinajstić information content (AvgIpc) is 2.38. The fourth-order valence-electron chi connectivity index (χ4n) is 2.10. The molecule has 1 aliphatic heterocycles. The van der Waals surface area contributed by atoms with Crippen LogP contribution in [0.15, 0.2) is 18.2 Å². The lowest BCUT2D eigenvalue weighted by Crippen LogP contribution is -2.45. The van der Waals surface area contributed by atoms with Crippen LogP contribution in [0.5, 0.6) is 0 Å². The number of aryl methyl sites for hydroxylation is 1. The van der Waals surface area contributed by atoms with Crippen LogP contribution in [-0.4, -0.2) is 55.0 Å². The maximum atomic E-state index is 12.0. The lowest BCUT2D eigenvalue weighted by Gasteiger charge is -2.26. The van der Waals surface area contributed by atoms with Crippen molar-refractivity contribution in [1.29, 1.82) is 0 Å². The molecule has 0 radical (unpaired) electrons. The number of carboxylic acids is 1. The SMILES string of the molecule is Cc1cc(NC(=O)N2CCS(=O)(=O)CC2)ccc1C(=O)O. The molecule has 114 valence electrons. The number of benzene rings is 1. The van der Waals surface area contributed by atoms with E-state index in [0.29, 0.717) is 11.3 Å². The Morgan fingerprint density at radius 3 is 2.38 bits per heavy atom. The molecule has 0 aliphatic carbocycles. The quantitative estimate of drug-likeness (QED) is 0.846. The molecule has 1 aromatic carbocycles. The monoisotopic (exact) mass is 312 g/mol. The fraction of sp³-hybridized carbons (Fsp3) is 0.385. The Balaban J connectivity index is 2.03. The zero-order valence-corrected chi connectivity index (χ0v) is 12.3. The minimum atomic E-state index is -3.03. The van der Waals surface area contributed by atoms with Crippen molar-refractivity contribution < 1.29 is 23.1 Å². The van der Waals surface area contributed by atoms with Gasteiger partial charge in [0.2, 0.25) is 0 Å². The van der Waals surface area contributed by atoms with Gasteiger partial charge in [-0.25, -0.2) is 18.0 Å². The number of hydrogen-bond donors (Lipinski definition) is 2. The minimum Gasteiger partial charge on any atom is -0.478 e. The maximum Gasteiger partial charge on any atom is 0.335 e. The summed E-state index contributed by atoms with van der Waals surface area (Å²) in [5, 5.41) is 11.6. The minimum absolute atomic E-state index is 0.0304. The van der Waals surface area contributed by atoms with Crippen molar-refractivity contribution in [1.82, 2.24) is 4.90 Å². The highest BCUT2D eigenvalue weighted by Gasteiger charge is 2.25. The Kier molecular flexibility index (Phi) is 4.17. The molecular weight excluding hydrogens is 296 g/mol. The molecule has 1 fully saturated rings. The number of rotatable bonds is 2. The van der Waals surface area contributed by atoms with Gasteiger partial charge in [-0.3, -0.25) is 0 Å². The van der Waals surface area contributed by atoms with E-state index in [-0.39, 0.29) is 36.2 Å². The number of carbonyl (C=O) groups excluding carboxylic acids is 1. The van der Waals surface area contributed by atoms with E-state index in [4.69, 9.17) is 5.11 Å². The number of carboxylic acid groups (broad SMARTS) is 1. The van der Waals surface area contributed by atoms with Crippen LogP contribution in [-0.2, 0) is 9.84 Å². The molecule has 1 aromatic rings. The van der Waals surface area contributed by atoms with Gasteiger partial charge in [-0.1, -0.05) is 0 Å². The Bertz CT molecular complexity index is 670. The summed E-state index contributed by atoms with van der Waals surface area (Å²) < 4.78 is 22.6. The first kappa shape index (κ1) is 15.3. The van der Waals surface area contributed by atoms with Gasteiger partial charge in [0.15, 0.2) is 9.84 Å². The molecule has 2 N–H and O–H groups in total. The zero-order valence-electron chi connectivity index (χ0n) is 11.5. The van der Waals surface area contributed by atoms with Crippen LogP contribution in [0.1, 0.15) is 15.9 Å². The summed E-state index contributed by atoms with van der Waals surface area (Å²) in [6, 6.07) is 4.12. The van der Waals surface area contributed by atoms with Crippen LogP contribution in [0.25, 0.3) is 0 Å². The molecule has 1 aliphatic rings. The van der Waals surface area contributed by atoms with E-state index in [0.717, 1.165) is 0 Å². The van der Waals surface area contributed by atoms with Gasteiger partial charge in [0, 0.05) is 18.8 Å². The molecule has 0 spiro atoms. The molecule has 1 heterocycles. The zero-order chi connectivity index (χ0) is 15.6. The molecule has 8 heteroatoms. The molecule has 2 rings (SSSR count). The van der Waals surface area contributed by atoms with Crippen LogP contribution < -0.4 is 5.32 Å². The van der Waals surface area contributed by atoms with Gasteiger partial charge in [-0.05, 0) is 30.7 Å². The average molecular weight is 312 g/mol. The van der Waals surface area contributed by atoms with E-state index >= 15 is 0 Å². The number of urea groups is 1. The molecule has 0 saturated carbocycles. The largest absolute Gasteiger partial charge is 0.478 e. The molecule has 0 bridgehead atoms. The summed E-state index contributed by atoms with van der Waals surface area (Å²) >= 11 is 0. The second-order valence-corrected chi connectivity index (χ2v) is 7.21. The van der Waals surface area contributed by atoms with E-state index in [2.05, 4.69) is 5.32 Å². The molecule has 0 unspecified atom stereocenters. The normalized spacial score (nSPS) is 17.3. The second-order valence-electron chi connectivity index (χ2n) is 4.90. The molecule has 21 heavy (non-hydrogen) atoms. The summed E-state index contributed by atoms with van der Waals surface area (Å²) in [6.07, 6.45) is 0. The first-order valence-corrected chi connectivity index (χ1v) is 8.21. The highest BCUT2D eigenvalue weighted by Crippen LogP contribution is 2.16. The summed E-state index contributed by atoms with van der Waals surface area (Å²) in [4.78, 5) is 24.4. The number of sulfone groups is 1. The predicted molar refractivity (Wildman–Crippen MR) is 77.4 cm³/mol. The van der Waals surface area contributed by atoms with Gasteiger partial charge in [0.1, 0.15) is 0 Å². The van der Waals surface area contributed by atoms with Crippen molar-refractivity contribution >= 4 is 27.5 Å². The van der Waals surface area contributed by atoms with Crippen molar-refractivity contribution in [3.63, 3.8) is 0 Å². The van der Waals surface area contributed by atoms with Gasteiger partial charge in [-0.2, -0.15) is 0 Å². The van der Waals surface area contributed by atoms with Crippen LogP contribution in [0.3, 0.4) is 0 Å². The molecular formula is C13H16N2O5S. The fourth-order valence-corrected chi connectivity index (χ4v) is 3.30. The maximum absolute atomic E-state index is 12.0. The first-order valence-electron chi connectivity index (χ1n) is 6.39. The number of nitrogens with one attached hydrogen (secondary N) is 1. The third kappa shape index (κ3) is 3.72. The van der Waals surface area contributed by atoms with Gasteiger partial charge in [0.25, 0.3) is 0 Å². The summed E-state index contributed by atoms with van der Waals surface area (Å²) in [7, 11) is -3.03. The highest BCUT2D eigenvalue weighted by molar-refractivity contribution is 7.91. The summed E-state index contributed by atoms with van der Waals surface area (Å²) in [5.41, 5.74) is 1.20. The molecule has 7 nitrogen and oxygen atoms in total. The Morgan fingerprint density at radius 2 is 1.86 bits per heavy atom.